The van der Waals surface area contributed by atoms with Crippen LogP contribution in [0.5, 0.6) is 0 Å². The monoisotopic (exact) mass is 426 g/mol. The van der Waals surface area contributed by atoms with Gasteiger partial charge in [-0.1, -0.05) is 11.2 Å². The number of carbonyl (C=O) groups excluding carboxylic acids is 1. The molecule has 1 aliphatic heterocycles. The molecule has 8 heteroatoms. The summed E-state index contributed by atoms with van der Waals surface area (Å²) < 4.78 is 18.4. The number of hydrogen-bond acceptors (Lipinski definition) is 6. The first kappa shape index (κ1) is 20.6. The van der Waals surface area contributed by atoms with E-state index in [9.17, 15) is 9.18 Å². The zero-order valence-corrected chi connectivity index (χ0v) is 17.5. The number of aromatic nitrogens is 2. The number of thioether (sulfide) groups is 1. The normalized spacial score (nSPS) is 15.3. The van der Waals surface area contributed by atoms with Crippen LogP contribution >= 0.6 is 11.8 Å². The van der Waals surface area contributed by atoms with Crippen LogP contribution in [0.25, 0.3) is 11.4 Å². The van der Waals surface area contributed by atoms with Gasteiger partial charge in [0.15, 0.2) is 0 Å². The van der Waals surface area contributed by atoms with Crippen LogP contribution in [0.3, 0.4) is 0 Å². The van der Waals surface area contributed by atoms with Gasteiger partial charge in [-0.2, -0.15) is 4.98 Å². The molecule has 2 heterocycles. The number of rotatable bonds is 6. The van der Waals surface area contributed by atoms with E-state index in [0.717, 1.165) is 36.5 Å². The molecule has 4 rings (SSSR count). The molecule has 0 bridgehead atoms. The van der Waals surface area contributed by atoms with E-state index in [-0.39, 0.29) is 17.6 Å². The summed E-state index contributed by atoms with van der Waals surface area (Å²) in [6.07, 6.45) is 3.59. The molecule has 1 N–H and O–H groups in total. The Hall–Kier alpha value is -2.71. The predicted molar refractivity (Wildman–Crippen MR) is 115 cm³/mol. The van der Waals surface area contributed by atoms with Crippen LogP contribution in [0.15, 0.2) is 57.9 Å². The van der Waals surface area contributed by atoms with E-state index in [2.05, 4.69) is 20.4 Å². The third kappa shape index (κ3) is 5.06. The van der Waals surface area contributed by atoms with E-state index < -0.39 is 0 Å². The minimum absolute atomic E-state index is 0.00310. The third-order valence-electron chi connectivity index (χ3n) is 5.23. The van der Waals surface area contributed by atoms with Crippen LogP contribution < -0.4 is 5.32 Å². The zero-order valence-electron chi connectivity index (χ0n) is 16.7. The van der Waals surface area contributed by atoms with Gasteiger partial charge in [0, 0.05) is 22.1 Å². The lowest BCUT2D eigenvalue weighted by Gasteiger charge is -2.30. The largest absolute Gasteiger partial charge is 0.338 e. The zero-order chi connectivity index (χ0) is 20.9. The van der Waals surface area contributed by atoms with Gasteiger partial charge in [0.2, 0.25) is 17.6 Å². The van der Waals surface area contributed by atoms with E-state index in [1.54, 1.807) is 23.9 Å². The Labute approximate surface area is 178 Å². The molecular formula is C22H23FN4O2S. The van der Waals surface area contributed by atoms with Crippen molar-refractivity contribution < 1.29 is 13.7 Å². The second-order valence-corrected chi connectivity index (χ2v) is 8.17. The first-order valence-corrected chi connectivity index (χ1v) is 11.1. The number of anilines is 1. The van der Waals surface area contributed by atoms with Gasteiger partial charge in [0.05, 0.1) is 6.54 Å². The Morgan fingerprint density at radius 1 is 1.23 bits per heavy atom. The lowest BCUT2D eigenvalue weighted by atomic mass is 9.96. The van der Waals surface area contributed by atoms with Crippen molar-refractivity contribution in [2.45, 2.75) is 24.3 Å². The number of amides is 1. The van der Waals surface area contributed by atoms with Gasteiger partial charge in [0.1, 0.15) is 5.82 Å². The topological polar surface area (TPSA) is 71.3 Å². The predicted octanol–water partition coefficient (Wildman–Crippen LogP) is 4.45. The molecule has 156 valence electrons. The average Bonchev–Trinajstić information content (AvgIpc) is 3.23. The Balaban J connectivity index is 1.28. The molecule has 3 aromatic rings. The van der Waals surface area contributed by atoms with Gasteiger partial charge in [-0.15, -0.1) is 11.8 Å². The van der Waals surface area contributed by atoms with E-state index in [4.69, 9.17) is 4.52 Å². The Bertz CT molecular complexity index is 1000. The fourth-order valence-corrected chi connectivity index (χ4v) is 3.98. The van der Waals surface area contributed by atoms with Crippen LogP contribution in [0.4, 0.5) is 10.1 Å². The van der Waals surface area contributed by atoms with E-state index in [1.807, 2.05) is 30.5 Å². The molecule has 0 spiro atoms. The van der Waals surface area contributed by atoms with Crippen molar-refractivity contribution in [1.29, 1.82) is 0 Å². The quantitative estimate of drug-likeness (QED) is 0.587. The van der Waals surface area contributed by atoms with Crippen molar-refractivity contribution in [3.05, 3.63) is 60.2 Å². The highest BCUT2D eigenvalue weighted by molar-refractivity contribution is 7.98. The molecular weight excluding hydrogens is 403 g/mol. The van der Waals surface area contributed by atoms with Gasteiger partial charge >= 0.3 is 0 Å². The SMILES string of the molecule is CSc1cccc(NC(=O)C2CCN(Cc3nc(-c4ccc(F)cc4)no3)CC2)c1. The Morgan fingerprint density at radius 3 is 2.73 bits per heavy atom. The molecule has 0 unspecified atom stereocenters. The van der Waals surface area contributed by atoms with Crippen LogP contribution in [0.1, 0.15) is 18.7 Å². The van der Waals surface area contributed by atoms with Crippen molar-refractivity contribution in [3.63, 3.8) is 0 Å². The fraction of sp³-hybridized carbons (Fsp3) is 0.318. The number of benzene rings is 2. The van der Waals surface area contributed by atoms with E-state index in [1.165, 1.54) is 12.1 Å². The number of hydrogen-bond donors (Lipinski definition) is 1. The maximum Gasteiger partial charge on any atom is 0.241 e. The minimum Gasteiger partial charge on any atom is -0.338 e. The molecule has 30 heavy (non-hydrogen) atoms. The number of halogens is 1. The van der Waals surface area contributed by atoms with Crippen molar-refractivity contribution in [2.24, 2.45) is 5.92 Å². The minimum atomic E-state index is -0.300. The first-order chi connectivity index (χ1) is 14.6. The molecule has 1 aromatic heterocycles. The second-order valence-electron chi connectivity index (χ2n) is 7.29. The van der Waals surface area contributed by atoms with Crippen molar-refractivity contribution in [2.75, 3.05) is 24.7 Å². The van der Waals surface area contributed by atoms with E-state index >= 15 is 0 Å². The summed E-state index contributed by atoms with van der Waals surface area (Å²) >= 11 is 1.65. The summed E-state index contributed by atoms with van der Waals surface area (Å²) in [7, 11) is 0. The molecule has 1 fully saturated rings. The lowest BCUT2D eigenvalue weighted by Crippen LogP contribution is -2.37. The van der Waals surface area contributed by atoms with Crippen molar-refractivity contribution in [1.82, 2.24) is 15.0 Å². The van der Waals surface area contributed by atoms with Gasteiger partial charge in [-0.25, -0.2) is 4.39 Å². The van der Waals surface area contributed by atoms with Crippen molar-refractivity contribution in [3.8, 4) is 11.4 Å². The highest BCUT2D eigenvalue weighted by Gasteiger charge is 2.26. The number of likely N-dealkylation sites (tertiary alicyclic amines) is 1. The van der Waals surface area contributed by atoms with Gasteiger partial charge in [-0.05, 0) is 74.7 Å². The summed E-state index contributed by atoms with van der Waals surface area (Å²) in [5, 5.41) is 7.02. The van der Waals surface area contributed by atoms with Crippen LogP contribution in [0, 0.1) is 11.7 Å². The number of nitrogens with one attached hydrogen (secondary N) is 1. The number of carbonyl (C=O) groups is 1. The molecule has 6 nitrogen and oxygen atoms in total. The molecule has 1 amide bonds. The van der Waals surface area contributed by atoms with Gasteiger partial charge < -0.3 is 9.84 Å². The fourth-order valence-electron chi connectivity index (χ4n) is 3.53. The lowest BCUT2D eigenvalue weighted by molar-refractivity contribution is -0.121. The van der Waals surface area contributed by atoms with Crippen LogP contribution in [0.2, 0.25) is 0 Å². The number of piperidine rings is 1. The first-order valence-electron chi connectivity index (χ1n) is 9.86. The summed E-state index contributed by atoms with van der Waals surface area (Å²) in [6, 6.07) is 13.9. The molecule has 0 aliphatic carbocycles. The van der Waals surface area contributed by atoms with Crippen LogP contribution in [-0.4, -0.2) is 40.3 Å². The average molecular weight is 427 g/mol. The molecule has 0 saturated carbocycles. The van der Waals surface area contributed by atoms with E-state index in [0.29, 0.717) is 23.8 Å². The third-order valence-corrected chi connectivity index (χ3v) is 5.95. The maximum absolute atomic E-state index is 13.1. The summed E-state index contributed by atoms with van der Waals surface area (Å²) in [4.78, 5) is 20.4. The second kappa shape index (κ2) is 9.40. The summed E-state index contributed by atoms with van der Waals surface area (Å²) in [5.41, 5.74) is 1.56. The Kier molecular flexibility index (Phi) is 6.44. The van der Waals surface area contributed by atoms with Gasteiger partial charge in [0.25, 0.3) is 0 Å². The molecule has 0 atom stereocenters. The van der Waals surface area contributed by atoms with Crippen molar-refractivity contribution >= 4 is 23.4 Å². The highest BCUT2D eigenvalue weighted by atomic mass is 32.2. The summed E-state index contributed by atoms with van der Waals surface area (Å²) in [6.45, 7) is 2.12. The molecule has 1 saturated heterocycles. The number of nitrogens with zero attached hydrogens (tertiary/aromatic N) is 3. The maximum atomic E-state index is 13.1. The molecule has 0 radical (unpaired) electrons. The smallest absolute Gasteiger partial charge is 0.241 e. The van der Waals surface area contributed by atoms with Gasteiger partial charge in [-0.3, -0.25) is 9.69 Å². The molecule has 1 aliphatic rings. The molecule has 2 aromatic carbocycles. The summed E-state index contributed by atoms with van der Waals surface area (Å²) in [5.74, 6) is 0.741. The highest BCUT2D eigenvalue weighted by Crippen LogP contribution is 2.23. The Morgan fingerprint density at radius 2 is 2.00 bits per heavy atom. The van der Waals surface area contributed by atoms with Crippen LogP contribution in [-0.2, 0) is 11.3 Å². The standard InChI is InChI=1S/C22H23FN4O2S/c1-30-19-4-2-3-18(13-19)24-22(28)16-9-11-27(12-10-16)14-20-25-21(26-29-20)15-5-7-17(23)8-6-15/h2-8,13,16H,9-12,14H2,1H3,(H,24,28).